The van der Waals surface area contributed by atoms with Crippen molar-refractivity contribution in [1.29, 1.82) is 0 Å². The van der Waals surface area contributed by atoms with Crippen LogP contribution in [-0.4, -0.2) is 41.5 Å². The molecule has 0 aliphatic carbocycles. The van der Waals surface area contributed by atoms with Crippen LogP contribution in [0.25, 0.3) is 0 Å². The Hall–Kier alpha value is -2.03. The molecule has 1 fully saturated rings. The molecule has 10 heteroatoms. The van der Waals surface area contributed by atoms with E-state index in [2.05, 4.69) is 5.32 Å². The van der Waals surface area contributed by atoms with Crippen molar-refractivity contribution in [2.75, 3.05) is 25.0 Å². The number of nitro groups is 1. The number of carbonyl (C=O) groups is 1. The highest BCUT2D eigenvalue weighted by Gasteiger charge is 2.43. The minimum Gasteiger partial charge on any atom is -0.384 e. The maximum absolute atomic E-state index is 12.4. The average molecular weight is 366 g/mol. The van der Waals surface area contributed by atoms with Crippen LogP contribution in [0.3, 0.4) is 0 Å². The molecule has 0 unspecified atom stereocenters. The second kappa shape index (κ2) is 7.25. The molecule has 0 spiro atoms. The topological polar surface area (TPSA) is 75.5 Å². The number of likely N-dealkylation sites (tertiary alicyclic amines) is 1. The normalized spacial score (nSPS) is 16.1. The Bertz CT molecular complexity index is 631. The van der Waals surface area contributed by atoms with Gasteiger partial charge in [0, 0.05) is 31.8 Å². The summed E-state index contributed by atoms with van der Waals surface area (Å²) in [4.78, 5) is 22.1. The second-order valence-corrected chi connectivity index (χ2v) is 5.94. The van der Waals surface area contributed by atoms with Crippen LogP contribution in [0.15, 0.2) is 18.2 Å². The van der Waals surface area contributed by atoms with Crippen molar-refractivity contribution < 1.29 is 22.9 Å². The Balaban J connectivity index is 1.85. The van der Waals surface area contributed by atoms with Crippen LogP contribution in [0.5, 0.6) is 0 Å². The molecule has 1 aromatic rings. The molecule has 1 aliphatic rings. The number of nitrogens with one attached hydrogen (secondary N) is 1. The summed E-state index contributed by atoms with van der Waals surface area (Å²) in [5.41, 5.74) is 0.403. The molecule has 1 saturated heterocycles. The van der Waals surface area contributed by atoms with Crippen molar-refractivity contribution in [2.24, 2.45) is 5.92 Å². The van der Waals surface area contributed by atoms with Gasteiger partial charge in [0.05, 0.1) is 15.6 Å². The Kier molecular flexibility index (Phi) is 5.53. The highest BCUT2D eigenvalue weighted by Crippen LogP contribution is 2.28. The van der Waals surface area contributed by atoms with E-state index in [-0.39, 0.29) is 29.7 Å². The molecule has 1 aliphatic heterocycles. The van der Waals surface area contributed by atoms with Crippen LogP contribution in [0.4, 0.5) is 24.5 Å². The lowest BCUT2D eigenvalue weighted by molar-refractivity contribution is -0.384. The van der Waals surface area contributed by atoms with E-state index < -0.39 is 17.0 Å². The van der Waals surface area contributed by atoms with Gasteiger partial charge in [-0.2, -0.15) is 13.2 Å². The third kappa shape index (κ3) is 4.50. The second-order valence-electron chi connectivity index (χ2n) is 5.54. The van der Waals surface area contributed by atoms with Crippen LogP contribution < -0.4 is 5.32 Å². The number of carbonyl (C=O) groups excluding carboxylic acids is 1. The molecule has 0 aromatic heterocycles. The zero-order valence-corrected chi connectivity index (χ0v) is 13.2. The lowest BCUT2D eigenvalue weighted by Gasteiger charge is -2.32. The molecule has 2 rings (SSSR count). The van der Waals surface area contributed by atoms with E-state index in [1.165, 1.54) is 18.2 Å². The Morgan fingerprint density at radius 2 is 2.00 bits per heavy atom. The number of anilines is 1. The number of amides is 1. The molecule has 0 saturated carbocycles. The van der Waals surface area contributed by atoms with Crippen molar-refractivity contribution in [3.05, 3.63) is 33.3 Å². The summed E-state index contributed by atoms with van der Waals surface area (Å²) >= 11 is 5.96. The van der Waals surface area contributed by atoms with Gasteiger partial charge in [-0.05, 0) is 24.8 Å². The average Bonchev–Trinajstić information content (AvgIpc) is 2.52. The first-order valence-corrected chi connectivity index (χ1v) is 7.60. The lowest BCUT2D eigenvalue weighted by atomic mass is 9.96. The molecule has 132 valence electrons. The number of non-ortho nitro benzene ring substituents is 1. The van der Waals surface area contributed by atoms with Gasteiger partial charge < -0.3 is 10.2 Å². The molecule has 0 atom stereocenters. The van der Waals surface area contributed by atoms with Gasteiger partial charge >= 0.3 is 12.1 Å². The molecule has 1 aromatic carbocycles. The van der Waals surface area contributed by atoms with Crippen LogP contribution in [0.2, 0.25) is 5.02 Å². The molecule has 1 N–H and O–H groups in total. The fourth-order valence-electron chi connectivity index (χ4n) is 2.53. The molecule has 6 nitrogen and oxygen atoms in total. The zero-order chi connectivity index (χ0) is 17.9. The van der Waals surface area contributed by atoms with E-state index in [0.29, 0.717) is 25.1 Å². The highest BCUT2D eigenvalue weighted by molar-refractivity contribution is 6.33. The van der Waals surface area contributed by atoms with Gasteiger partial charge in [-0.1, -0.05) is 11.6 Å². The van der Waals surface area contributed by atoms with E-state index in [9.17, 15) is 28.1 Å². The molecular weight excluding hydrogens is 351 g/mol. The van der Waals surface area contributed by atoms with Crippen LogP contribution >= 0.6 is 11.6 Å². The van der Waals surface area contributed by atoms with Gasteiger partial charge in [-0.3, -0.25) is 14.9 Å². The minimum absolute atomic E-state index is 0.0542. The number of benzene rings is 1. The molecular formula is C14H15ClF3N3O3. The van der Waals surface area contributed by atoms with Crippen molar-refractivity contribution in [2.45, 2.75) is 19.0 Å². The number of piperidine rings is 1. The molecule has 1 amide bonds. The third-order valence-corrected chi connectivity index (χ3v) is 4.20. The summed E-state index contributed by atoms with van der Waals surface area (Å²) in [6, 6.07) is 4.04. The quantitative estimate of drug-likeness (QED) is 0.655. The minimum atomic E-state index is -4.84. The van der Waals surface area contributed by atoms with E-state index in [1.807, 2.05) is 0 Å². The van der Waals surface area contributed by atoms with Crippen molar-refractivity contribution in [3.63, 3.8) is 0 Å². The van der Waals surface area contributed by atoms with Crippen LogP contribution in [-0.2, 0) is 4.79 Å². The maximum atomic E-state index is 12.4. The Morgan fingerprint density at radius 1 is 1.38 bits per heavy atom. The third-order valence-electron chi connectivity index (χ3n) is 3.89. The number of rotatable bonds is 4. The fraction of sp³-hybridized carbons (Fsp3) is 0.500. The molecule has 0 radical (unpaired) electrons. The molecule has 0 bridgehead atoms. The predicted molar refractivity (Wildman–Crippen MR) is 82.0 cm³/mol. The van der Waals surface area contributed by atoms with Crippen LogP contribution in [0, 0.1) is 16.0 Å². The first-order chi connectivity index (χ1) is 11.2. The zero-order valence-electron chi connectivity index (χ0n) is 12.5. The number of nitrogens with zero attached hydrogens (tertiary/aromatic N) is 2. The maximum Gasteiger partial charge on any atom is 0.471 e. The van der Waals surface area contributed by atoms with E-state index in [1.54, 1.807) is 0 Å². The summed E-state index contributed by atoms with van der Waals surface area (Å²) in [6.45, 7) is 0.572. The van der Waals surface area contributed by atoms with Crippen molar-refractivity contribution in [1.82, 2.24) is 4.90 Å². The Morgan fingerprint density at radius 3 is 2.50 bits per heavy atom. The molecule has 24 heavy (non-hydrogen) atoms. The summed E-state index contributed by atoms with van der Waals surface area (Å²) in [6.07, 6.45) is -3.95. The smallest absolute Gasteiger partial charge is 0.384 e. The first-order valence-electron chi connectivity index (χ1n) is 7.22. The van der Waals surface area contributed by atoms with E-state index >= 15 is 0 Å². The van der Waals surface area contributed by atoms with Gasteiger partial charge in [0.15, 0.2) is 0 Å². The summed E-state index contributed by atoms with van der Waals surface area (Å²) in [7, 11) is 0. The van der Waals surface area contributed by atoms with Crippen LogP contribution in [0.1, 0.15) is 12.8 Å². The SMILES string of the molecule is O=C(N1CCC(CNc2ccc([N+](=O)[O-])cc2Cl)CC1)C(F)(F)F. The summed E-state index contributed by atoms with van der Waals surface area (Å²) in [5.74, 6) is -1.71. The van der Waals surface area contributed by atoms with Gasteiger partial charge in [-0.15, -0.1) is 0 Å². The summed E-state index contributed by atoms with van der Waals surface area (Å²) < 4.78 is 37.1. The van der Waals surface area contributed by atoms with E-state index in [0.717, 1.165) is 4.90 Å². The Labute approximate surface area is 140 Å². The van der Waals surface area contributed by atoms with E-state index in [4.69, 9.17) is 11.6 Å². The number of alkyl halides is 3. The van der Waals surface area contributed by atoms with Gasteiger partial charge in [0.1, 0.15) is 0 Å². The van der Waals surface area contributed by atoms with Gasteiger partial charge in [0.2, 0.25) is 0 Å². The highest BCUT2D eigenvalue weighted by atomic mass is 35.5. The van der Waals surface area contributed by atoms with Gasteiger partial charge in [0.25, 0.3) is 5.69 Å². The first kappa shape index (κ1) is 18.3. The largest absolute Gasteiger partial charge is 0.471 e. The number of halogens is 4. The van der Waals surface area contributed by atoms with Gasteiger partial charge in [-0.25, -0.2) is 0 Å². The number of nitro benzene ring substituents is 1. The number of hydrogen-bond acceptors (Lipinski definition) is 4. The summed E-state index contributed by atoms with van der Waals surface area (Å²) in [5, 5.41) is 13.9. The predicted octanol–water partition coefficient (Wildman–Crippen LogP) is 3.46. The monoisotopic (exact) mass is 365 g/mol. The molecule has 1 heterocycles. The van der Waals surface area contributed by atoms with Crippen molar-refractivity contribution >= 4 is 28.9 Å². The standard InChI is InChI=1S/C14H15ClF3N3O3/c15-11-7-10(21(23)24)1-2-12(11)19-8-9-3-5-20(6-4-9)13(22)14(16,17)18/h1-2,7,9,19H,3-6,8H2. The fourth-order valence-corrected chi connectivity index (χ4v) is 2.78. The lowest BCUT2D eigenvalue weighted by Crippen LogP contribution is -2.46. The van der Waals surface area contributed by atoms with Crippen molar-refractivity contribution in [3.8, 4) is 0 Å². The number of hydrogen-bond donors (Lipinski definition) is 1.